The molecular formula is C28H31FN2O3. The van der Waals surface area contributed by atoms with Crippen LogP contribution in [0.25, 0.3) is 0 Å². The average Bonchev–Trinajstić information content (AvgIpc) is 2.83. The van der Waals surface area contributed by atoms with Gasteiger partial charge in [0.1, 0.15) is 17.6 Å². The third kappa shape index (κ3) is 6.67. The summed E-state index contributed by atoms with van der Waals surface area (Å²) in [4.78, 5) is 28.0. The maximum absolute atomic E-state index is 14.5. The van der Waals surface area contributed by atoms with Gasteiger partial charge in [0.25, 0.3) is 5.91 Å². The Hall–Kier alpha value is -3.67. The van der Waals surface area contributed by atoms with E-state index in [1.807, 2.05) is 69.3 Å². The lowest BCUT2D eigenvalue weighted by Crippen LogP contribution is -2.51. The Labute approximate surface area is 200 Å². The minimum absolute atomic E-state index is 0.0453. The second kappa shape index (κ2) is 12.0. The SMILES string of the molecule is CCNC(=O)C(Cc1ccccc1)N(Cc1ccccc1F)C(=O)COc1cc(C)ccc1C. The van der Waals surface area contributed by atoms with Crippen LogP contribution in [0.1, 0.15) is 29.2 Å². The minimum atomic E-state index is -0.823. The average molecular weight is 463 g/mol. The van der Waals surface area contributed by atoms with Gasteiger partial charge in [-0.25, -0.2) is 4.39 Å². The van der Waals surface area contributed by atoms with Crippen LogP contribution < -0.4 is 10.1 Å². The number of amides is 2. The van der Waals surface area contributed by atoms with Gasteiger partial charge in [0.15, 0.2) is 6.61 Å². The number of hydrogen-bond acceptors (Lipinski definition) is 3. The third-order valence-corrected chi connectivity index (χ3v) is 5.62. The molecule has 1 unspecified atom stereocenters. The monoisotopic (exact) mass is 462 g/mol. The zero-order valence-corrected chi connectivity index (χ0v) is 19.9. The van der Waals surface area contributed by atoms with E-state index in [2.05, 4.69) is 5.32 Å². The molecule has 0 saturated carbocycles. The highest BCUT2D eigenvalue weighted by atomic mass is 19.1. The van der Waals surface area contributed by atoms with Gasteiger partial charge in [-0.15, -0.1) is 0 Å². The van der Waals surface area contributed by atoms with E-state index in [1.54, 1.807) is 18.2 Å². The summed E-state index contributed by atoms with van der Waals surface area (Å²) >= 11 is 0. The first-order chi connectivity index (χ1) is 16.4. The Morgan fingerprint density at radius 1 is 1.00 bits per heavy atom. The normalized spacial score (nSPS) is 11.5. The van der Waals surface area contributed by atoms with Gasteiger partial charge in [0, 0.05) is 25.1 Å². The van der Waals surface area contributed by atoms with Crippen molar-refractivity contribution in [1.82, 2.24) is 10.2 Å². The molecule has 0 saturated heterocycles. The lowest BCUT2D eigenvalue weighted by Gasteiger charge is -2.31. The van der Waals surface area contributed by atoms with Crippen LogP contribution in [-0.4, -0.2) is 35.9 Å². The Morgan fingerprint density at radius 3 is 2.41 bits per heavy atom. The van der Waals surface area contributed by atoms with Crippen LogP contribution in [-0.2, 0) is 22.6 Å². The lowest BCUT2D eigenvalue weighted by molar-refractivity contribution is -0.142. The van der Waals surface area contributed by atoms with Crippen molar-refractivity contribution in [2.24, 2.45) is 0 Å². The second-order valence-corrected chi connectivity index (χ2v) is 8.27. The molecule has 0 spiro atoms. The highest BCUT2D eigenvalue weighted by molar-refractivity contribution is 5.88. The number of benzene rings is 3. The first kappa shape index (κ1) is 25.0. The van der Waals surface area contributed by atoms with Crippen molar-refractivity contribution < 1.29 is 18.7 Å². The van der Waals surface area contributed by atoms with Crippen LogP contribution in [0.3, 0.4) is 0 Å². The van der Waals surface area contributed by atoms with Crippen molar-refractivity contribution in [3.8, 4) is 5.75 Å². The van der Waals surface area contributed by atoms with E-state index >= 15 is 0 Å². The molecule has 0 aliphatic heterocycles. The number of rotatable bonds is 10. The van der Waals surface area contributed by atoms with Crippen LogP contribution in [0.4, 0.5) is 4.39 Å². The van der Waals surface area contributed by atoms with Gasteiger partial charge in [-0.2, -0.15) is 0 Å². The number of likely N-dealkylation sites (N-methyl/N-ethyl adjacent to an activating group) is 1. The number of hydrogen-bond donors (Lipinski definition) is 1. The number of nitrogens with zero attached hydrogens (tertiary/aromatic N) is 1. The van der Waals surface area contributed by atoms with Crippen LogP contribution in [0.15, 0.2) is 72.8 Å². The highest BCUT2D eigenvalue weighted by Gasteiger charge is 2.31. The topological polar surface area (TPSA) is 58.6 Å². The molecule has 3 rings (SSSR count). The summed E-state index contributed by atoms with van der Waals surface area (Å²) in [5.41, 5.74) is 3.16. The van der Waals surface area contributed by atoms with Gasteiger partial charge in [0.05, 0.1) is 0 Å². The van der Waals surface area contributed by atoms with Gasteiger partial charge in [-0.1, -0.05) is 60.7 Å². The summed E-state index contributed by atoms with van der Waals surface area (Å²) in [6, 6.07) is 20.7. The van der Waals surface area contributed by atoms with Crippen molar-refractivity contribution in [1.29, 1.82) is 0 Å². The molecule has 34 heavy (non-hydrogen) atoms. The summed E-state index contributed by atoms with van der Waals surface area (Å²) in [7, 11) is 0. The molecule has 1 N–H and O–H groups in total. The van der Waals surface area contributed by atoms with Crippen molar-refractivity contribution in [2.75, 3.05) is 13.2 Å². The van der Waals surface area contributed by atoms with Crippen molar-refractivity contribution >= 4 is 11.8 Å². The predicted octanol–water partition coefficient (Wildman–Crippen LogP) is 4.60. The molecule has 0 aromatic heterocycles. The Bertz CT molecular complexity index is 1120. The van der Waals surface area contributed by atoms with E-state index in [0.29, 0.717) is 24.3 Å². The molecule has 0 aliphatic carbocycles. The van der Waals surface area contributed by atoms with E-state index in [0.717, 1.165) is 16.7 Å². The van der Waals surface area contributed by atoms with Crippen LogP contribution in [0.2, 0.25) is 0 Å². The summed E-state index contributed by atoms with van der Waals surface area (Å²) in [6.07, 6.45) is 0.302. The largest absolute Gasteiger partial charge is 0.483 e. The maximum Gasteiger partial charge on any atom is 0.261 e. The summed E-state index contributed by atoms with van der Waals surface area (Å²) < 4.78 is 20.4. The number of halogens is 1. The lowest BCUT2D eigenvalue weighted by atomic mass is 10.0. The van der Waals surface area contributed by atoms with E-state index in [4.69, 9.17) is 4.74 Å². The summed E-state index contributed by atoms with van der Waals surface area (Å²) in [5.74, 6) is -0.499. The number of carbonyl (C=O) groups is 2. The molecule has 0 radical (unpaired) electrons. The smallest absolute Gasteiger partial charge is 0.261 e. The summed E-state index contributed by atoms with van der Waals surface area (Å²) in [5, 5.41) is 2.82. The molecule has 0 aliphatic rings. The molecule has 3 aromatic rings. The Morgan fingerprint density at radius 2 is 1.71 bits per heavy atom. The van der Waals surface area contributed by atoms with Gasteiger partial charge >= 0.3 is 0 Å². The molecule has 5 nitrogen and oxygen atoms in total. The van der Waals surface area contributed by atoms with E-state index < -0.39 is 17.8 Å². The van der Waals surface area contributed by atoms with Gasteiger partial charge in [0.2, 0.25) is 5.91 Å². The van der Waals surface area contributed by atoms with Crippen LogP contribution in [0, 0.1) is 19.7 Å². The molecule has 0 bridgehead atoms. The minimum Gasteiger partial charge on any atom is -0.483 e. The quantitative estimate of drug-likeness (QED) is 0.479. The highest BCUT2D eigenvalue weighted by Crippen LogP contribution is 2.21. The molecular weight excluding hydrogens is 431 g/mol. The first-order valence-corrected chi connectivity index (χ1v) is 11.4. The summed E-state index contributed by atoms with van der Waals surface area (Å²) in [6.45, 7) is 5.79. The van der Waals surface area contributed by atoms with Crippen LogP contribution >= 0.6 is 0 Å². The zero-order chi connectivity index (χ0) is 24.5. The Kier molecular flexibility index (Phi) is 8.79. The predicted molar refractivity (Wildman–Crippen MR) is 131 cm³/mol. The third-order valence-electron chi connectivity index (χ3n) is 5.62. The fourth-order valence-corrected chi connectivity index (χ4v) is 3.74. The van der Waals surface area contributed by atoms with E-state index in [-0.39, 0.29) is 19.1 Å². The maximum atomic E-state index is 14.5. The molecule has 1 atom stereocenters. The Balaban J connectivity index is 1.92. The zero-order valence-electron chi connectivity index (χ0n) is 19.9. The number of nitrogens with one attached hydrogen (secondary N) is 1. The number of carbonyl (C=O) groups excluding carboxylic acids is 2. The standard InChI is InChI=1S/C28H31FN2O3/c1-4-30-28(33)25(17-22-10-6-5-7-11-22)31(18-23-12-8-9-13-24(23)29)27(32)19-34-26-16-20(2)14-15-21(26)3/h5-16,25H,4,17-19H2,1-3H3,(H,30,33). The fourth-order valence-electron chi connectivity index (χ4n) is 3.74. The van der Waals surface area contributed by atoms with Gasteiger partial charge in [-0.05, 0) is 49.6 Å². The van der Waals surface area contributed by atoms with E-state index in [1.165, 1.54) is 11.0 Å². The van der Waals surface area contributed by atoms with Gasteiger partial charge < -0.3 is 15.0 Å². The van der Waals surface area contributed by atoms with Crippen LogP contribution in [0.5, 0.6) is 5.75 Å². The molecule has 6 heteroatoms. The van der Waals surface area contributed by atoms with E-state index in [9.17, 15) is 14.0 Å². The first-order valence-electron chi connectivity index (χ1n) is 11.4. The molecule has 0 heterocycles. The number of aryl methyl sites for hydroxylation is 2. The van der Waals surface area contributed by atoms with Crippen molar-refractivity contribution in [3.05, 3.63) is 101 Å². The van der Waals surface area contributed by atoms with Gasteiger partial charge in [-0.3, -0.25) is 9.59 Å². The molecule has 2 amide bonds. The molecule has 0 fully saturated rings. The van der Waals surface area contributed by atoms with Crippen molar-refractivity contribution in [3.63, 3.8) is 0 Å². The fraction of sp³-hybridized carbons (Fsp3) is 0.286. The molecule has 3 aromatic carbocycles. The number of ether oxygens (including phenoxy) is 1. The second-order valence-electron chi connectivity index (χ2n) is 8.27. The van der Waals surface area contributed by atoms with Crippen molar-refractivity contribution in [2.45, 2.75) is 39.8 Å². The molecule has 178 valence electrons.